The lowest BCUT2D eigenvalue weighted by Gasteiger charge is -2.01. The van der Waals surface area contributed by atoms with Crippen LogP contribution in [0.4, 0.5) is 0 Å². The highest BCUT2D eigenvalue weighted by Gasteiger charge is 2.03. The van der Waals surface area contributed by atoms with E-state index in [9.17, 15) is 4.79 Å². The summed E-state index contributed by atoms with van der Waals surface area (Å²) < 4.78 is 9.82. The molecule has 3 nitrogen and oxygen atoms in total. The van der Waals surface area contributed by atoms with E-state index in [2.05, 4.69) is 0 Å². The van der Waals surface area contributed by atoms with Crippen LogP contribution in [0.15, 0.2) is 51.9 Å². The van der Waals surface area contributed by atoms with Crippen LogP contribution in [0, 0.1) is 0 Å². The molecule has 0 aliphatic rings. The molecule has 15 heavy (non-hydrogen) atoms. The summed E-state index contributed by atoms with van der Waals surface area (Å²) in [4.78, 5) is 11.4. The first-order chi connectivity index (χ1) is 7.31. The van der Waals surface area contributed by atoms with Gasteiger partial charge in [-0.25, -0.2) is 4.79 Å². The second-order valence-corrected chi connectivity index (χ2v) is 3.04. The third-order valence-electron chi connectivity index (χ3n) is 2.14. The summed E-state index contributed by atoms with van der Waals surface area (Å²) in [7, 11) is 1.60. The summed E-state index contributed by atoms with van der Waals surface area (Å²) in [6, 6.07) is 10.7. The Morgan fingerprint density at radius 1 is 1.13 bits per heavy atom. The molecule has 76 valence electrons. The van der Waals surface area contributed by atoms with Crippen LogP contribution in [0.3, 0.4) is 0 Å². The standard InChI is InChI=1S/C12H10O3/c1-14-10-6-4-9(5-7-10)11-3-2-8-15-12(11)13/h2-8H,1H3. The maximum atomic E-state index is 11.4. The third-order valence-corrected chi connectivity index (χ3v) is 2.14. The Hall–Kier alpha value is -2.03. The van der Waals surface area contributed by atoms with E-state index in [1.165, 1.54) is 6.26 Å². The Morgan fingerprint density at radius 3 is 2.47 bits per heavy atom. The molecule has 0 saturated heterocycles. The fraction of sp³-hybridized carbons (Fsp3) is 0.0833. The minimum Gasteiger partial charge on any atom is -0.497 e. The summed E-state index contributed by atoms with van der Waals surface area (Å²) in [6.45, 7) is 0. The fourth-order valence-electron chi connectivity index (χ4n) is 1.35. The molecule has 0 bridgehead atoms. The van der Waals surface area contributed by atoms with Gasteiger partial charge in [-0.05, 0) is 29.8 Å². The van der Waals surface area contributed by atoms with Crippen molar-refractivity contribution in [3.05, 3.63) is 53.1 Å². The predicted molar refractivity (Wildman–Crippen MR) is 57.0 cm³/mol. The van der Waals surface area contributed by atoms with Crippen molar-refractivity contribution < 1.29 is 9.15 Å². The highest BCUT2D eigenvalue weighted by atomic mass is 16.5. The highest BCUT2D eigenvalue weighted by molar-refractivity contribution is 5.62. The molecule has 1 aromatic heterocycles. The molecule has 1 heterocycles. The Bertz CT molecular complexity index is 497. The van der Waals surface area contributed by atoms with E-state index in [1.807, 2.05) is 24.3 Å². The summed E-state index contributed by atoms with van der Waals surface area (Å²) >= 11 is 0. The van der Waals surface area contributed by atoms with E-state index in [4.69, 9.17) is 9.15 Å². The van der Waals surface area contributed by atoms with E-state index in [-0.39, 0.29) is 5.63 Å². The van der Waals surface area contributed by atoms with Gasteiger partial charge in [-0.3, -0.25) is 0 Å². The van der Waals surface area contributed by atoms with Gasteiger partial charge in [0, 0.05) is 0 Å². The third kappa shape index (κ3) is 1.91. The molecular formula is C12H10O3. The van der Waals surface area contributed by atoms with Crippen LogP contribution in [0.2, 0.25) is 0 Å². The van der Waals surface area contributed by atoms with E-state index in [0.717, 1.165) is 11.3 Å². The molecule has 0 amide bonds. The number of hydrogen-bond donors (Lipinski definition) is 0. The first-order valence-electron chi connectivity index (χ1n) is 4.53. The van der Waals surface area contributed by atoms with Gasteiger partial charge in [0.2, 0.25) is 0 Å². The minimum atomic E-state index is -0.331. The smallest absolute Gasteiger partial charge is 0.343 e. The van der Waals surface area contributed by atoms with Gasteiger partial charge in [-0.2, -0.15) is 0 Å². The normalized spacial score (nSPS) is 9.93. The zero-order valence-corrected chi connectivity index (χ0v) is 8.27. The number of ether oxygens (including phenoxy) is 1. The van der Waals surface area contributed by atoms with Crippen LogP contribution < -0.4 is 10.4 Å². The van der Waals surface area contributed by atoms with Gasteiger partial charge in [-0.15, -0.1) is 0 Å². The number of hydrogen-bond acceptors (Lipinski definition) is 3. The highest BCUT2D eigenvalue weighted by Crippen LogP contribution is 2.19. The topological polar surface area (TPSA) is 39.4 Å². The van der Waals surface area contributed by atoms with Crippen molar-refractivity contribution in [2.75, 3.05) is 7.11 Å². The molecular weight excluding hydrogens is 192 g/mol. The van der Waals surface area contributed by atoms with Crippen molar-refractivity contribution in [1.82, 2.24) is 0 Å². The van der Waals surface area contributed by atoms with E-state index < -0.39 is 0 Å². The van der Waals surface area contributed by atoms with Crippen LogP contribution in [0.25, 0.3) is 11.1 Å². The fourth-order valence-corrected chi connectivity index (χ4v) is 1.35. The molecule has 0 radical (unpaired) electrons. The molecule has 0 atom stereocenters. The number of methoxy groups -OCH3 is 1. The molecule has 0 unspecified atom stereocenters. The summed E-state index contributed by atoms with van der Waals surface area (Å²) in [5.41, 5.74) is 1.05. The van der Waals surface area contributed by atoms with Crippen molar-refractivity contribution in [3.8, 4) is 16.9 Å². The monoisotopic (exact) mass is 202 g/mol. The molecule has 0 spiro atoms. The number of rotatable bonds is 2. The molecule has 0 saturated carbocycles. The second kappa shape index (κ2) is 4.00. The molecule has 1 aromatic carbocycles. The van der Waals surface area contributed by atoms with Crippen molar-refractivity contribution in [3.63, 3.8) is 0 Å². The molecule has 2 aromatic rings. The van der Waals surface area contributed by atoms with Crippen LogP contribution >= 0.6 is 0 Å². The van der Waals surface area contributed by atoms with Crippen molar-refractivity contribution in [2.45, 2.75) is 0 Å². The predicted octanol–water partition coefficient (Wildman–Crippen LogP) is 2.32. The van der Waals surface area contributed by atoms with E-state index >= 15 is 0 Å². The van der Waals surface area contributed by atoms with Crippen molar-refractivity contribution in [2.24, 2.45) is 0 Å². The SMILES string of the molecule is COc1ccc(-c2cccoc2=O)cc1. The van der Waals surface area contributed by atoms with Gasteiger partial charge < -0.3 is 9.15 Å². The first kappa shape index (κ1) is 9.52. The van der Waals surface area contributed by atoms with Gasteiger partial charge in [0.15, 0.2) is 0 Å². The largest absolute Gasteiger partial charge is 0.497 e. The molecule has 0 aliphatic carbocycles. The summed E-state index contributed by atoms with van der Waals surface area (Å²) in [5, 5.41) is 0. The molecule has 0 fully saturated rings. The van der Waals surface area contributed by atoms with Crippen molar-refractivity contribution in [1.29, 1.82) is 0 Å². The molecule has 0 aliphatic heterocycles. The average molecular weight is 202 g/mol. The van der Waals surface area contributed by atoms with E-state index in [0.29, 0.717) is 5.56 Å². The zero-order valence-electron chi connectivity index (χ0n) is 8.27. The number of benzene rings is 1. The van der Waals surface area contributed by atoms with Gasteiger partial charge in [0.1, 0.15) is 5.75 Å². The Morgan fingerprint density at radius 2 is 1.87 bits per heavy atom. The van der Waals surface area contributed by atoms with Gasteiger partial charge in [0.05, 0.1) is 18.9 Å². The van der Waals surface area contributed by atoms with E-state index in [1.54, 1.807) is 19.2 Å². The quantitative estimate of drug-likeness (QED) is 0.750. The first-order valence-corrected chi connectivity index (χ1v) is 4.53. The second-order valence-electron chi connectivity index (χ2n) is 3.04. The maximum Gasteiger partial charge on any atom is 0.343 e. The Balaban J connectivity index is 2.46. The van der Waals surface area contributed by atoms with Gasteiger partial charge in [-0.1, -0.05) is 12.1 Å². The molecule has 0 N–H and O–H groups in total. The van der Waals surface area contributed by atoms with Gasteiger partial charge in [0.25, 0.3) is 0 Å². The van der Waals surface area contributed by atoms with Gasteiger partial charge >= 0.3 is 5.63 Å². The Labute approximate surface area is 86.9 Å². The summed E-state index contributed by atoms with van der Waals surface area (Å²) in [5.74, 6) is 0.763. The van der Waals surface area contributed by atoms with Crippen LogP contribution in [0.5, 0.6) is 5.75 Å². The van der Waals surface area contributed by atoms with Crippen LogP contribution in [-0.4, -0.2) is 7.11 Å². The zero-order chi connectivity index (χ0) is 10.7. The molecule has 2 rings (SSSR count). The van der Waals surface area contributed by atoms with Crippen LogP contribution in [0.1, 0.15) is 0 Å². The van der Waals surface area contributed by atoms with Crippen molar-refractivity contribution >= 4 is 0 Å². The minimum absolute atomic E-state index is 0.331. The summed E-state index contributed by atoms with van der Waals surface area (Å²) in [6.07, 6.45) is 1.37. The lowest BCUT2D eigenvalue weighted by Crippen LogP contribution is -2.00. The molecule has 3 heteroatoms. The average Bonchev–Trinajstić information content (AvgIpc) is 2.30. The van der Waals surface area contributed by atoms with Crippen LogP contribution in [-0.2, 0) is 0 Å². The Kier molecular flexibility index (Phi) is 2.54. The maximum absolute atomic E-state index is 11.4. The lowest BCUT2D eigenvalue weighted by atomic mass is 10.1. The lowest BCUT2D eigenvalue weighted by molar-refractivity contribution is 0.415.